The Bertz CT molecular complexity index is 1070. The Hall–Kier alpha value is -2.39. The summed E-state index contributed by atoms with van der Waals surface area (Å²) in [6.45, 7) is 0.658. The van der Waals surface area contributed by atoms with E-state index in [4.69, 9.17) is 10.2 Å². The van der Waals surface area contributed by atoms with Crippen LogP contribution in [0.3, 0.4) is 0 Å². The number of hydrogen-bond acceptors (Lipinski definition) is 4. The molecule has 1 fully saturated rings. The van der Waals surface area contributed by atoms with Gasteiger partial charge in [0.25, 0.3) is 0 Å². The van der Waals surface area contributed by atoms with Crippen molar-refractivity contribution in [2.45, 2.75) is 50.5 Å². The van der Waals surface area contributed by atoms with Gasteiger partial charge in [-0.2, -0.15) is 14.9 Å². The smallest absolute Gasteiger partial charge is 0.171 e. The number of nitriles is 1. The van der Waals surface area contributed by atoms with Crippen LogP contribution in [0.2, 0.25) is 0 Å². The molecule has 5 rings (SSSR count). The van der Waals surface area contributed by atoms with Crippen LogP contribution in [0, 0.1) is 11.3 Å². The average Bonchev–Trinajstić information content (AvgIpc) is 3.41. The van der Waals surface area contributed by atoms with E-state index in [1.54, 1.807) is 0 Å². The Labute approximate surface area is 166 Å². The highest BCUT2D eigenvalue weighted by Gasteiger charge is 2.44. The van der Waals surface area contributed by atoms with Crippen molar-refractivity contribution in [2.75, 3.05) is 5.32 Å². The number of benzene rings is 1. The summed E-state index contributed by atoms with van der Waals surface area (Å²) >= 11 is 3.61. The van der Waals surface area contributed by atoms with Gasteiger partial charge in [-0.15, -0.1) is 0 Å². The first kappa shape index (κ1) is 16.8. The zero-order chi connectivity index (χ0) is 18.4. The molecule has 1 aromatic carbocycles. The summed E-state index contributed by atoms with van der Waals surface area (Å²) in [7, 11) is 0. The van der Waals surface area contributed by atoms with Crippen LogP contribution in [-0.4, -0.2) is 14.6 Å². The predicted octanol–water partition coefficient (Wildman–Crippen LogP) is 4.73. The SMILES string of the molecule is N#Cc1cccc(CNc2c3c(nc4c(Br)cnn24)C2(CCCC2)CC3)c1. The molecule has 0 saturated heterocycles. The second-order valence-corrected chi connectivity index (χ2v) is 8.52. The van der Waals surface area contributed by atoms with Gasteiger partial charge in [0.1, 0.15) is 5.82 Å². The Morgan fingerprint density at radius 3 is 2.93 bits per heavy atom. The number of nitrogens with zero attached hydrogens (tertiary/aromatic N) is 4. The van der Waals surface area contributed by atoms with Gasteiger partial charge in [0.2, 0.25) is 0 Å². The summed E-state index contributed by atoms with van der Waals surface area (Å²) in [6, 6.07) is 9.96. The first-order valence-electron chi connectivity index (χ1n) is 9.50. The highest BCUT2D eigenvalue weighted by Crippen LogP contribution is 2.51. The molecule has 2 aliphatic rings. The number of halogens is 1. The van der Waals surface area contributed by atoms with E-state index in [2.05, 4.69) is 32.4 Å². The van der Waals surface area contributed by atoms with Crippen molar-refractivity contribution in [3.05, 3.63) is 57.3 Å². The molecule has 27 heavy (non-hydrogen) atoms. The zero-order valence-corrected chi connectivity index (χ0v) is 16.6. The molecular formula is C21H20BrN5. The molecule has 136 valence electrons. The number of hydrogen-bond donors (Lipinski definition) is 1. The Kier molecular flexibility index (Phi) is 3.94. The van der Waals surface area contributed by atoms with Crippen molar-refractivity contribution in [3.63, 3.8) is 0 Å². The Morgan fingerprint density at radius 2 is 2.11 bits per heavy atom. The second-order valence-electron chi connectivity index (χ2n) is 7.67. The highest BCUT2D eigenvalue weighted by molar-refractivity contribution is 9.10. The van der Waals surface area contributed by atoms with Gasteiger partial charge in [-0.3, -0.25) is 0 Å². The normalized spacial score (nSPS) is 17.3. The average molecular weight is 422 g/mol. The maximum absolute atomic E-state index is 9.14. The lowest BCUT2D eigenvalue weighted by Gasteiger charge is -2.23. The van der Waals surface area contributed by atoms with Gasteiger partial charge in [0, 0.05) is 17.5 Å². The largest absolute Gasteiger partial charge is 0.366 e. The summed E-state index contributed by atoms with van der Waals surface area (Å²) in [5.41, 5.74) is 5.52. The molecule has 0 bridgehead atoms. The van der Waals surface area contributed by atoms with Crippen LogP contribution in [0.1, 0.15) is 54.5 Å². The minimum absolute atomic E-state index is 0.262. The Balaban J connectivity index is 1.58. The molecule has 0 atom stereocenters. The van der Waals surface area contributed by atoms with E-state index in [0.717, 1.165) is 27.9 Å². The molecule has 6 heteroatoms. The van der Waals surface area contributed by atoms with Crippen molar-refractivity contribution in [2.24, 2.45) is 0 Å². The molecular weight excluding hydrogens is 402 g/mol. The van der Waals surface area contributed by atoms with Crippen LogP contribution in [0.25, 0.3) is 5.65 Å². The van der Waals surface area contributed by atoms with Crippen molar-refractivity contribution in [3.8, 4) is 6.07 Å². The van der Waals surface area contributed by atoms with Gasteiger partial charge >= 0.3 is 0 Å². The van der Waals surface area contributed by atoms with Gasteiger partial charge in [0.15, 0.2) is 5.65 Å². The molecule has 1 spiro atoms. The molecule has 0 amide bonds. The molecule has 0 aliphatic heterocycles. The van der Waals surface area contributed by atoms with Gasteiger partial charge < -0.3 is 5.32 Å². The molecule has 5 nitrogen and oxygen atoms in total. The van der Waals surface area contributed by atoms with E-state index < -0.39 is 0 Å². The molecule has 0 unspecified atom stereocenters. The Morgan fingerprint density at radius 1 is 1.26 bits per heavy atom. The van der Waals surface area contributed by atoms with Crippen LogP contribution in [0.4, 0.5) is 5.82 Å². The summed E-state index contributed by atoms with van der Waals surface area (Å²) in [5.74, 6) is 1.05. The summed E-state index contributed by atoms with van der Waals surface area (Å²) in [4.78, 5) is 5.06. The van der Waals surface area contributed by atoms with Gasteiger partial charge in [-0.1, -0.05) is 25.0 Å². The monoisotopic (exact) mass is 421 g/mol. The van der Waals surface area contributed by atoms with Crippen LogP contribution in [0.5, 0.6) is 0 Å². The number of fused-ring (bicyclic) bond motifs is 3. The predicted molar refractivity (Wildman–Crippen MR) is 108 cm³/mol. The minimum Gasteiger partial charge on any atom is -0.366 e. The number of rotatable bonds is 3. The highest BCUT2D eigenvalue weighted by atomic mass is 79.9. The van der Waals surface area contributed by atoms with Crippen LogP contribution in [0.15, 0.2) is 34.9 Å². The number of nitrogens with one attached hydrogen (secondary N) is 1. The van der Waals surface area contributed by atoms with Crippen molar-refractivity contribution >= 4 is 27.4 Å². The van der Waals surface area contributed by atoms with Crippen LogP contribution < -0.4 is 5.32 Å². The van der Waals surface area contributed by atoms with Gasteiger partial charge in [-0.25, -0.2) is 4.98 Å². The standard InChI is InChI=1S/C21H20BrN5/c22-17-13-25-27-19(24-12-15-5-3-4-14(10-15)11-23)16-6-9-21(7-1-2-8-21)18(16)26-20(17)27/h3-5,10,13,24H,1-2,6-9,12H2. The fourth-order valence-corrected chi connectivity index (χ4v) is 5.16. The molecule has 2 heterocycles. The van der Waals surface area contributed by atoms with Crippen LogP contribution in [-0.2, 0) is 18.4 Å². The lowest BCUT2D eigenvalue weighted by molar-refractivity contribution is 0.429. The van der Waals surface area contributed by atoms with Gasteiger partial charge in [0.05, 0.1) is 28.0 Å². The lowest BCUT2D eigenvalue weighted by Crippen LogP contribution is -2.20. The molecule has 2 aromatic heterocycles. The van der Waals surface area contributed by atoms with Gasteiger partial charge in [-0.05, 0) is 59.3 Å². The van der Waals surface area contributed by atoms with E-state index in [1.165, 1.54) is 43.4 Å². The maximum atomic E-state index is 9.14. The second kappa shape index (κ2) is 6.35. The molecule has 1 saturated carbocycles. The fourth-order valence-electron chi connectivity index (χ4n) is 4.81. The molecule has 0 radical (unpaired) electrons. The molecule has 2 aliphatic carbocycles. The zero-order valence-electron chi connectivity index (χ0n) is 15.0. The molecule has 1 N–H and O–H groups in total. The first-order valence-corrected chi connectivity index (χ1v) is 10.3. The third-order valence-corrected chi connectivity index (χ3v) is 6.69. The van der Waals surface area contributed by atoms with E-state index in [0.29, 0.717) is 12.1 Å². The summed E-state index contributed by atoms with van der Waals surface area (Å²) in [5, 5.41) is 17.3. The third kappa shape index (κ3) is 2.64. The topological polar surface area (TPSA) is 66.0 Å². The number of anilines is 1. The minimum atomic E-state index is 0.262. The van der Waals surface area contributed by atoms with Crippen molar-refractivity contribution in [1.82, 2.24) is 14.6 Å². The van der Waals surface area contributed by atoms with Crippen LogP contribution >= 0.6 is 15.9 Å². The maximum Gasteiger partial charge on any atom is 0.171 e. The first-order chi connectivity index (χ1) is 13.2. The quantitative estimate of drug-likeness (QED) is 0.663. The van der Waals surface area contributed by atoms with E-state index in [9.17, 15) is 0 Å². The van der Waals surface area contributed by atoms with Crippen molar-refractivity contribution < 1.29 is 0 Å². The van der Waals surface area contributed by atoms with E-state index in [1.807, 2.05) is 35.0 Å². The summed E-state index contributed by atoms with van der Waals surface area (Å²) < 4.78 is 2.85. The third-order valence-electron chi connectivity index (χ3n) is 6.13. The lowest BCUT2D eigenvalue weighted by atomic mass is 9.83. The van der Waals surface area contributed by atoms with Crippen molar-refractivity contribution in [1.29, 1.82) is 5.26 Å². The molecule has 3 aromatic rings. The van der Waals surface area contributed by atoms with E-state index >= 15 is 0 Å². The summed E-state index contributed by atoms with van der Waals surface area (Å²) in [6.07, 6.45) is 9.17. The number of aromatic nitrogens is 3. The fraction of sp³-hybridized carbons (Fsp3) is 0.381. The van der Waals surface area contributed by atoms with E-state index in [-0.39, 0.29) is 5.41 Å².